The van der Waals surface area contributed by atoms with Gasteiger partial charge in [0.2, 0.25) is 5.82 Å². The Balaban J connectivity index is 1.96. The van der Waals surface area contributed by atoms with Gasteiger partial charge in [0.1, 0.15) is 5.69 Å². The van der Waals surface area contributed by atoms with Crippen LogP contribution in [0.15, 0.2) is 24.3 Å². The molecule has 0 saturated heterocycles. The van der Waals surface area contributed by atoms with E-state index in [1.54, 1.807) is 4.90 Å². The Kier molecular flexibility index (Phi) is 6.17. The molecular weight excluding hydrogens is 352 g/mol. The number of aryl methyl sites for hydroxylation is 1. The van der Waals surface area contributed by atoms with Crippen LogP contribution in [0.1, 0.15) is 66.0 Å². The molecule has 0 fully saturated rings. The van der Waals surface area contributed by atoms with Crippen LogP contribution < -0.4 is 10.2 Å². The van der Waals surface area contributed by atoms with Crippen LogP contribution in [0, 0.1) is 12.8 Å². The third-order valence-corrected chi connectivity index (χ3v) is 5.07. The molecule has 0 spiro atoms. The van der Waals surface area contributed by atoms with E-state index >= 15 is 0 Å². The molecule has 1 aliphatic heterocycles. The molecular formula is C22H30N4O2. The molecule has 0 aliphatic carbocycles. The SMILES string of the molecule is CCN(C(=O)c1nc(C(=O)NCC(C)C)c2n1CCCC2)c1cccc(C)c1. The fourth-order valence-electron chi connectivity index (χ4n) is 3.63. The summed E-state index contributed by atoms with van der Waals surface area (Å²) in [4.78, 5) is 32.3. The lowest BCUT2D eigenvalue weighted by Gasteiger charge is -2.23. The maximum atomic E-state index is 13.4. The molecule has 6 heteroatoms. The van der Waals surface area contributed by atoms with Crippen molar-refractivity contribution in [2.24, 2.45) is 5.92 Å². The number of benzene rings is 1. The first kappa shape index (κ1) is 20.1. The summed E-state index contributed by atoms with van der Waals surface area (Å²) in [6, 6.07) is 7.89. The van der Waals surface area contributed by atoms with Gasteiger partial charge in [-0.3, -0.25) is 9.59 Å². The number of aromatic nitrogens is 2. The van der Waals surface area contributed by atoms with E-state index in [0.29, 0.717) is 30.5 Å². The number of rotatable bonds is 6. The molecule has 1 aromatic heterocycles. The van der Waals surface area contributed by atoms with Crippen LogP contribution in [0.25, 0.3) is 0 Å². The number of carbonyl (C=O) groups excluding carboxylic acids is 2. The number of imidazole rings is 1. The molecule has 0 atom stereocenters. The molecule has 0 saturated carbocycles. The minimum absolute atomic E-state index is 0.154. The number of fused-ring (bicyclic) bond motifs is 1. The first-order valence-electron chi connectivity index (χ1n) is 10.2. The summed E-state index contributed by atoms with van der Waals surface area (Å²) in [7, 11) is 0. The zero-order chi connectivity index (χ0) is 20.3. The Morgan fingerprint density at radius 1 is 1.29 bits per heavy atom. The lowest BCUT2D eigenvalue weighted by molar-refractivity contribution is 0.0943. The van der Waals surface area contributed by atoms with Crippen LogP contribution in [0.3, 0.4) is 0 Å². The van der Waals surface area contributed by atoms with Gasteiger partial charge in [0.15, 0.2) is 0 Å². The van der Waals surface area contributed by atoms with E-state index in [-0.39, 0.29) is 11.8 Å². The normalized spacial score (nSPS) is 13.3. The summed E-state index contributed by atoms with van der Waals surface area (Å²) in [6.45, 7) is 9.94. The molecule has 3 rings (SSSR count). The van der Waals surface area contributed by atoms with Crippen LogP contribution in [0.2, 0.25) is 0 Å². The van der Waals surface area contributed by atoms with E-state index in [1.807, 2.05) is 42.7 Å². The van der Waals surface area contributed by atoms with Gasteiger partial charge >= 0.3 is 0 Å². The van der Waals surface area contributed by atoms with Crippen molar-refractivity contribution in [2.45, 2.75) is 53.5 Å². The number of carbonyl (C=O) groups is 2. The van der Waals surface area contributed by atoms with Crippen LogP contribution in [-0.2, 0) is 13.0 Å². The second kappa shape index (κ2) is 8.59. The largest absolute Gasteiger partial charge is 0.350 e. The quantitative estimate of drug-likeness (QED) is 0.830. The monoisotopic (exact) mass is 382 g/mol. The summed E-state index contributed by atoms with van der Waals surface area (Å²) in [5.74, 6) is 0.393. The zero-order valence-corrected chi connectivity index (χ0v) is 17.3. The minimum atomic E-state index is -0.183. The molecule has 2 amide bonds. The molecule has 0 bridgehead atoms. The van der Waals surface area contributed by atoms with E-state index < -0.39 is 0 Å². The maximum Gasteiger partial charge on any atom is 0.294 e. The van der Waals surface area contributed by atoms with E-state index in [0.717, 1.165) is 42.8 Å². The number of amides is 2. The molecule has 1 N–H and O–H groups in total. The van der Waals surface area contributed by atoms with Crippen molar-refractivity contribution in [1.29, 1.82) is 0 Å². The van der Waals surface area contributed by atoms with Crippen LogP contribution in [0.5, 0.6) is 0 Å². The van der Waals surface area contributed by atoms with Crippen molar-refractivity contribution in [3.05, 3.63) is 47.0 Å². The predicted octanol–water partition coefficient (Wildman–Crippen LogP) is 3.58. The van der Waals surface area contributed by atoms with Gasteiger partial charge < -0.3 is 14.8 Å². The molecule has 0 radical (unpaired) electrons. The summed E-state index contributed by atoms with van der Waals surface area (Å²) in [6.07, 6.45) is 2.79. The van der Waals surface area contributed by atoms with E-state index in [9.17, 15) is 9.59 Å². The van der Waals surface area contributed by atoms with Gasteiger partial charge in [0.05, 0.1) is 5.69 Å². The Morgan fingerprint density at radius 2 is 2.07 bits per heavy atom. The Hall–Kier alpha value is -2.63. The molecule has 2 aromatic rings. The first-order chi connectivity index (χ1) is 13.4. The summed E-state index contributed by atoms with van der Waals surface area (Å²) in [5, 5.41) is 2.94. The van der Waals surface area contributed by atoms with E-state index in [4.69, 9.17) is 0 Å². The van der Waals surface area contributed by atoms with Gasteiger partial charge in [0, 0.05) is 25.3 Å². The van der Waals surface area contributed by atoms with Gasteiger partial charge in [-0.05, 0) is 56.7 Å². The fourth-order valence-corrected chi connectivity index (χ4v) is 3.63. The minimum Gasteiger partial charge on any atom is -0.350 e. The molecule has 28 heavy (non-hydrogen) atoms. The Bertz CT molecular complexity index is 869. The summed E-state index contributed by atoms with van der Waals surface area (Å²) in [5.41, 5.74) is 3.24. The van der Waals surface area contributed by atoms with Gasteiger partial charge in [0.25, 0.3) is 11.8 Å². The van der Waals surface area contributed by atoms with Gasteiger partial charge in [-0.2, -0.15) is 0 Å². The van der Waals surface area contributed by atoms with Crippen molar-refractivity contribution in [1.82, 2.24) is 14.9 Å². The third kappa shape index (κ3) is 4.11. The molecule has 0 unspecified atom stereocenters. The number of nitrogens with zero attached hydrogens (tertiary/aromatic N) is 3. The second-order valence-corrected chi connectivity index (χ2v) is 7.83. The fraction of sp³-hybridized carbons (Fsp3) is 0.500. The van der Waals surface area contributed by atoms with Crippen molar-refractivity contribution in [3.8, 4) is 0 Å². The summed E-state index contributed by atoms with van der Waals surface area (Å²) >= 11 is 0. The number of anilines is 1. The summed E-state index contributed by atoms with van der Waals surface area (Å²) < 4.78 is 1.95. The van der Waals surface area contributed by atoms with Gasteiger partial charge in [-0.1, -0.05) is 26.0 Å². The highest BCUT2D eigenvalue weighted by Crippen LogP contribution is 2.24. The van der Waals surface area contributed by atoms with Crippen LogP contribution in [0.4, 0.5) is 5.69 Å². The van der Waals surface area contributed by atoms with Gasteiger partial charge in [-0.15, -0.1) is 0 Å². The lowest BCUT2D eigenvalue weighted by atomic mass is 10.1. The Labute approximate surface area is 166 Å². The number of nitrogens with one attached hydrogen (secondary N) is 1. The standard InChI is InChI=1S/C22H30N4O2/c1-5-25(17-10-8-9-16(4)13-17)22(28)20-24-19(21(27)23-14-15(2)3)18-11-6-7-12-26(18)20/h8-10,13,15H,5-7,11-12,14H2,1-4H3,(H,23,27). The number of hydrogen-bond donors (Lipinski definition) is 1. The number of hydrogen-bond acceptors (Lipinski definition) is 3. The topological polar surface area (TPSA) is 67.2 Å². The third-order valence-electron chi connectivity index (χ3n) is 5.07. The molecule has 6 nitrogen and oxygen atoms in total. The molecule has 150 valence electrons. The van der Waals surface area contributed by atoms with E-state index in [2.05, 4.69) is 24.1 Å². The van der Waals surface area contributed by atoms with E-state index in [1.165, 1.54) is 0 Å². The van der Waals surface area contributed by atoms with Crippen molar-refractivity contribution in [3.63, 3.8) is 0 Å². The van der Waals surface area contributed by atoms with Gasteiger partial charge in [-0.25, -0.2) is 4.98 Å². The van der Waals surface area contributed by atoms with Crippen molar-refractivity contribution in [2.75, 3.05) is 18.0 Å². The Morgan fingerprint density at radius 3 is 2.75 bits per heavy atom. The highest BCUT2D eigenvalue weighted by atomic mass is 16.2. The second-order valence-electron chi connectivity index (χ2n) is 7.83. The van der Waals surface area contributed by atoms with Crippen molar-refractivity contribution < 1.29 is 9.59 Å². The first-order valence-corrected chi connectivity index (χ1v) is 10.2. The average Bonchev–Trinajstić information content (AvgIpc) is 3.06. The molecule has 2 heterocycles. The zero-order valence-electron chi connectivity index (χ0n) is 17.3. The highest BCUT2D eigenvalue weighted by Gasteiger charge is 2.30. The molecule has 1 aliphatic rings. The van der Waals surface area contributed by atoms with Crippen LogP contribution >= 0.6 is 0 Å². The molecule has 1 aromatic carbocycles. The van der Waals surface area contributed by atoms with Crippen molar-refractivity contribution >= 4 is 17.5 Å². The smallest absolute Gasteiger partial charge is 0.294 e. The lowest BCUT2D eigenvalue weighted by Crippen LogP contribution is -2.33. The highest BCUT2D eigenvalue weighted by molar-refractivity contribution is 6.05. The predicted molar refractivity (Wildman–Crippen MR) is 111 cm³/mol. The van der Waals surface area contributed by atoms with Crippen LogP contribution in [-0.4, -0.2) is 34.5 Å². The average molecular weight is 383 g/mol. The maximum absolute atomic E-state index is 13.4.